The number of nitrogens with zero attached hydrogens (tertiary/aromatic N) is 1. The van der Waals surface area contributed by atoms with Crippen LogP contribution in [0.2, 0.25) is 0 Å². The van der Waals surface area contributed by atoms with Gasteiger partial charge in [-0.05, 0) is 25.2 Å². The van der Waals surface area contributed by atoms with Crippen molar-refractivity contribution >= 4 is 11.8 Å². The molecule has 2 aliphatic heterocycles. The molecule has 1 aromatic rings. The number of hydrogen-bond donors (Lipinski definition) is 2. The Bertz CT molecular complexity index is 469. The molecule has 0 unspecified atom stereocenters. The van der Waals surface area contributed by atoms with Crippen LogP contribution in [0.1, 0.15) is 12.8 Å². The summed E-state index contributed by atoms with van der Waals surface area (Å²) in [4.78, 5) is 13.5. The molecule has 1 spiro atoms. The van der Waals surface area contributed by atoms with E-state index in [1.165, 1.54) is 4.90 Å². The van der Waals surface area contributed by atoms with Crippen molar-refractivity contribution in [2.75, 3.05) is 24.5 Å². The highest BCUT2D eigenvalue weighted by atomic mass is 16.6. The summed E-state index contributed by atoms with van der Waals surface area (Å²) < 4.78 is 5.55. The molecule has 0 saturated carbocycles. The van der Waals surface area contributed by atoms with E-state index in [1.807, 2.05) is 0 Å². The van der Waals surface area contributed by atoms with Crippen LogP contribution in [0.25, 0.3) is 0 Å². The summed E-state index contributed by atoms with van der Waals surface area (Å²) in [6, 6.07) is 6.85. The van der Waals surface area contributed by atoms with Crippen LogP contribution >= 0.6 is 0 Å². The Balaban J connectivity index is 1.87. The van der Waals surface area contributed by atoms with Gasteiger partial charge in [0.2, 0.25) is 0 Å². The highest BCUT2D eigenvalue weighted by Gasteiger charge is 2.46. The predicted octanol–water partition coefficient (Wildman–Crippen LogP) is 1.47. The summed E-state index contributed by atoms with van der Waals surface area (Å²) in [6.07, 6.45) is 1.28. The van der Waals surface area contributed by atoms with Gasteiger partial charge in [0.05, 0.1) is 12.2 Å². The van der Waals surface area contributed by atoms with E-state index in [0.29, 0.717) is 12.2 Å². The fourth-order valence-corrected chi connectivity index (χ4v) is 2.64. The molecular weight excluding hydrogens is 232 g/mol. The SMILES string of the molecule is O=C1OC2(CCNCC2)CN1c1ccccc1O. The van der Waals surface area contributed by atoms with E-state index in [4.69, 9.17) is 4.74 Å². The van der Waals surface area contributed by atoms with Crippen molar-refractivity contribution in [2.45, 2.75) is 18.4 Å². The minimum absolute atomic E-state index is 0.112. The second-order valence-corrected chi connectivity index (χ2v) is 4.88. The highest BCUT2D eigenvalue weighted by molar-refractivity contribution is 5.92. The molecule has 96 valence electrons. The lowest BCUT2D eigenvalue weighted by Gasteiger charge is -2.31. The van der Waals surface area contributed by atoms with Gasteiger partial charge in [0.1, 0.15) is 11.4 Å². The summed E-state index contributed by atoms with van der Waals surface area (Å²) >= 11 is 0. The van der Waals surface area contributed by atoms with E-state index < -0.39 is 0 Å². The molecule has 0 aliphatic carbocycles. The van der Waals surface area contributed by atoms with Crippen LogP contribution in [-0.4, -0.2) is 36.4 Å². The molecular formula is C13H16N2O3. The largest absolute Gasteiger partial charge is 0.506 e. The van der Waals surface area contributed by atoms with Crippen LogP contribution in [0.3, 0.4) is 0 Å². The first-order valence-corrected chi connectivity index (χ1v) is 6.19. The van der Waals surface area contributed by atoms with Crippen molar-refractivity contribution in [3.05, 3.63) is 24.3 Å². The van der Waals surface area contributed by atoms with Crippen LogP contribution in [0.4, 0.5) is 10.5 Å². The Kier molecular flexibility index (Phi) is 2.63. The van der Waals surface area contributed by atoms with Crippen LogP contribution in [0.5, 0.6) is 5.75 Å². The van der Waals surface area contributed by atoms with Crippen molar-refractivity contribution in [3.8, 4) is 5.75 Å². The van der Waals surface area contributed by atoms with Gasteiger partial charge in [-0.2, -0.15) is 0 Å². The normalized spacial score (nSPS) is 22.2. The van der Waals surface area contributed by atoms with Gasteiger partial charge in [-0.15, -0.1) is 0 Å². The standard InChI is InChI=1S/C13H16N2O3/c16-11-4-2-1-3-10(11)15-9-13(18-12(15)17)5-7-14-8-6-13/h1-4,14,16H,5-9H2. The molecule has 2 saturated heterocycles. The topological polar surface area (TPSA) is 61.8 Å². The maximum Gasteiger partial charge on any atom is 0.415 e. The number of nitrogens with one attached hydrogen (secondary N) is 1. The molecule has 2 N–H and O–H groups in total. The van der Waals surface area contributed by atoms with Gasteiger partial charge in [0.25, 0.3) is 0 Å². The van der Waals surface area contributed by atoms with Crippen LogP contribution in [0, 0.1) is 0 Å². The number of aromatic hydroxyl groups is 1. The zero-order valence-corrected chi connectivity index (χ0v) is 10.1. The molecule has 0 aromatic heterocycles. The smallest absolute Gasteiger partial charge is 0.415 e. The molecule has 0 radical (unpaired) electrons. The number of amides is 1. The second kappa shape index (κ2) is 4.17. The fourth-order valence-electron chi connectivity index (χ4n) is 2.64. The number of para-hydroxylation sites is 2. The van der Waals surface area contributed by atoms with Crippen molar-refractivity contribution in [2.24, 2.45) is 0 Å². The summed E-state index contributed by atoms with van der Waals surface area (Å²) in [6.45, 7) is 2.24. The van der Waals surface area contributed by atoms with E-state index in [2.05, 4.69) is 5.32 Å². The van der Waals surface area contributed by atoms with Crippen molar-refractivity contribution in [3.63, 3.8) is 0 Å². The monoisotopic (exact) mass is 248 g/mol. The van der Waals surface area contributed by atoms with Crippen LogP contribution in [-0.2, 0) is 4.74 Å². The number of carbonyl (C=O) groups excluding carboxylic acids is 1. The third-order valence-electron chi connectivity index (χ3n) is 3.66. The van der Waals surface area contributed by atoms with Gasteiger partial charge in [-0.25, -0.2) is 4.79 Å². The fraction of sp³-hybridized carbons (Fsp3) is 0.462. The minimum Gasteiger partial charge on any atom is -0.506 e. The average Bonchev–Trinajstić information content (AvgIpc) is 2.67. The van der Waals surface area contributed by atoms with E-state index in [-0.39, 0.29) is 17.4 Å². The Morgan fingerprint density at radius 3 is 2.72 bits per heavy atom. The summed E-state index contributed by atoms with van der Waals surface area (Å²) in [5, 5.41) is 13.1. The van der Waals surface area contributed by atoms with Gasteiger partial charge < -0.3 is 15.2 Å². The molecule has 1 amide bonds. The predicted molar refractivity (Wildman–Crippen MR) is 66.8 cm³/mol. The van der Waals surface area contributed by atoms with Gasteiger partial charge in [0, 0.05) is 12.8 Å². The van der Waals surface area contributed by atoms with E-state index in [9.17, 15) is 9.90 Å². The van der Waals surface area contributed by atoms with Crippen LogP contribution in [0.15, 0.2) is 24.3 Å². The molecule has 0 atom stereocenters. The lowest BCUT2D eigenvalue weighted by Crippen LogP contribution is -2.44. The number of benzene rings is 1. The summed E-state index contributed by atoms with van der Waals surface area (Å²) in [5.74, 6) is 0.112. The quantitative estimate of drug-likeness (QED) is 0.790. The molecule has 5 heteroatoms. The van der Waals surface area contributed by atoms with Gasteiger partial charge >= 0.3 is 6.09 Å². The molecule has 3 rings (SSSR count). The molecule has 18 heavy (non-hydrogen) atoms. The first-order chi connectivity index (χ1) is 8.70. The number of carbonyl (C=O) groups is 1. The second-order valence-electron chi connectivity index (χ2n) is 4.88. The van der Waals surface area contributed by atoms with Crippen molar-refractivity contribution < 1.29 is 14.6 Å². The van der Waals surface area contributed by atoms with Gasteiger partial charge in [0.15, 0.2) is 0 Å². The van der Waals surface area contributed by atoms with Gasteiger partial charge in [-0.1, -0.05) is 12.1 Å². The van der Waals surface area contributed by atoms with E-state index >= 15 is 0 Å². The van der Waals surface area contributed by atoms with E-state index in [0.717, 1.165) is 25.9 Å². The van der Waals surface area contributed by atoms with E-state index in [1.54, 1.807) is 24.3 Å². The lowest BCUT2D eigenvalue weighted by atomic mass is 9.92. The number of piperidine rings is 1. The number of hydrogen-bond acceptors (Lipinski definition) is 4. The first kappa shape index (κ1) is 11.3. The highest BCUT2D eigenvalue weighted by Crippen LogP contribution is 2.37. The summed E-state index contributed by atoms with van der Waals surface area (Å²) in [7, 11) is 0. The number of rotatable bonds is 1. The molecule has 1 aromatic carbocycles. The molecule has 5 nitrogen and oxygen atoms in total. The number of phenolic OH excluding ortho intramolecular Hbond substituents is 1. The maximum atomic E-state index is 12.0. The zero-order valence-electron chi connectivity index (χ0n) is 10.1. The molecule has 2 fully saturated rings. The third-order valence-corrected chi connectivity index (χ3v) is 3.66. The van der Waals surface area contributed by atoms with Crippen molar-refractivity contribution in [1.82, 2.24) is 5.32 Å². The number of ether oxygens (including phenoxy) is 1. The maximum absolute atomic E-state index is 12.0. The Hall–Kier alpha value is -1.75. The molecule has 2 heterocycles. The zero-order chi connectivity index (χ0) is 12.6. The third kappa shape index (κ3) is 1.80. The number of phenols is 1. The lowest BCUT2D eigenvalue weighted by molar-refractivity contribution is 0.0316. The minimum atomic E-state index is -0.384. The molecule has 2 aliphatic rings. The van der Waals surface area contributed by atoms with Crippen molar-refractivity contribution in [1.29, 1.82) is 0 Å². The Labute approximate surface area is 105 Å². The average molecular weight is 248 g/mol. The Morgan fingerprint density at radius 2 is 2.00 bits per heavy atom. The van der Waals surface area contributed by atoms with Crippen LogP contribution < -0.4 is 10.2 Å². The Morgan fingerprint density at radius 1 is 1.28 bits per heavy atom. The van der Waals surface area contributed by atoms with Gasteiger partial charge in [-0.3, -0.25) is 4.90 Å². The molecule has 0 bridgehead atoms. The summed E-state index contributed by atoms with van der Waals surface area (Å²) in [5.41, 5.74) is 0.142. The first-order valence-electron chi connectivity index (χ1n) is 6.19. The number of anilines is 1.